The first kappa shape index (κ1) is 28.5. The number of carbonyl (C=O) groups excluding carboxylic acids is 2. The van der Waals surface area contributed by atoms with E-state index in [1.54, 1.807) is 6.07 Å². The molecule has 1 aliphatic rings. The van der Waals surface area contributed by atoms with Gasteiger partial charge in [0.15, 0.2) is 5.54 Å². The van der Waals surface area contributed by atoms with Crippen molar-refractivity contribution in [1.29, 1.82) is 0 Å². The lowest BCUT2D eigenvalue weighted by Crippen LogP contribution is -2.59. The van der Waals surface area contributed by atoms with Crippen molar-refractivity contribution in [2.75, 3.05) is 13.2 Å². The first-order valence-electron chi connectivity index (χ1n) is 11.0. The average Bonchev–Trinajstić information content (AvgIpc) is 2.80. The number of nitrogens with one attached hydrogen (secondary N) is 2. The smallest absolute Gasteiger partial charge is 0.416 e. The molecule has 0 unspecified atom stereocenters. The summed E-state index contributed by atoms with van der Waals surface area (Å²) in [4.78, 5) is 28.6. The number of benzene rings is 1. The van der Waals surface area contributed by atoms with E-state index in [-0.39, 0.29) is 47.7 Å². The third kappa shape index (κ3) is 7.02. The van der Waals surface area contributed by atoms with Crippen LogP contribution in [-0.2, 0) is 15.1 Å². The molecule has 1 atom stereocenters. The molecule has 200 valence electrons. The van der Waals surface area contributed by atoms with Gasteiger partial charge in [0.25, 0.3) is 0 Å². The highest BCUT2D eigenvalue weighted by Crippen LogP contribution is 2.48. The molecule has 3 rings (SSSR count). The summed E-state index contributed by atoms with van der Waals surface area (Å²) >= 11 is 3.21. The van der Waals surface area contributed by atoms with Crippen LogP contribution >= 0.6 is 15.9 Å². The highest BCUT2D eigenvalue weighted by Gasteiger charge is 2.59. The summed E-state index contributed by atoms with van der Waals surface area (Å²) in [5.74, 6) is -1.41. The van der Waals surface area contributed by atoms with E-state index in [1.807, 2.05) is 0 Å². The second-order valence-corrected chi connectivity index (χ2v) is 9.27. The highest BCUT2D eigenvalue weighted by atomic mass is 79.9. The topological polar surface area (TPSA) is 80.3 Å². The van der Waals surface area contributed by atoms with E-state index in [1.165, 1.54) is 31.3 Å². The van der Waals surface area contributed by atoms with Gasteiger partial charge in [-0.2, -0.15) is 26.3 Å². The Kier molecular flexibility index (Phi) is 8.56. The maximum Gasteiger partial charge on any atom is 0.416 e. The second kappa shape index (κ2) is 11.1. The molecule has 0 aliphatic carbocycles. The Labute approximate surface area is 216 Å². The van der Waals surface area contributed by atoms with Crippen LogP contribution in [0.4, 0.5) is 26.3 Å². The lowest BCUT2D eigenvalue weighted by Gasteiger charge is -2.41. The van der Waals surface area contributed by atoms with E-state index in [2.05, 4.69) is 31.5 Å². The summed E-state index contributed by atoms with van der Waals surface area (Å²) in [5.41, 5.74) is -3.05. The molecular weight excluding hydrogens is 572 g/mol. The molecule has 0 bridgehead atoms. The van der Waals surface area contributed by atoms with E-state index in [0.717, 1.165) is 12.1 Å². The Morgan fingerprint density at radius 2 is 1.81 bits per heavy atom. The van der Waals surface area contributed by atoms with Crippen molar-refractivity contribution in [2.45, 2.75) is 44.1 Å². The van der Waals surface area contributed by atoms with Gasteiger partial charge in [0, 0.05) is 42.6 Å². The lowest BCUT2D eigenvalue weighted by atomic mass is 9.77. The number of ether oxygens (including phenoxy) is 1. The minimum Gasteiger partial charge on any atom is -0.494 e. The fraction of sp³-hybridized carbons (Fsp3) is 0.375. The van der Waals surface area contributed by atoms with Crippen molar-refractivity contribution >= 4 is 33.3 Å². The van der Waals surface area contributed by atoms with Crippen LogP contribution in [0, 0.1) is 0 Å². The van der Waals surface area contributed by atoms with E-state index < -0.39 is 42.5 Å². The predicted molar refractivity (Wildman–Crippen MR) is 125 cm³/mol. The third-order valence-electron chi connectivity index (χ3n) is 5.66. The average molecular weight is 594 g/mol. The maximum atomic E-state index is 14.6. The molecule has 6 nitrogen and oxygen atoms in total. The molecule has 0 saturated carbocycles. The summed E-state index contributed by atoms with van der Waals surface area (Å²) in [6, 6.07) is 7.66. The van der Waals surface area contributed by atoms with Gasteiger partial charge >= 0.3 is 12.4 Å². The number of rotatable bonds is 8. The molecule has 2 N–H and O–H groups in total. The fourth-order valence-corrected chi connectivity index (χ4v) is 4.06. The minimum atomic E-state index is -4.95. The van der Waals surface area contributed by atoms with Crippen LogP contribution in [0.3, 0.4) is 0 Å². The van der Waals surface area contributed by atoms with Gasteiger partial charge in [0.2, 0.25) is 11.8 Å². The number of nitrogens with zero attached hydrogens (tertiary/aromatic N) is 1. The first-order valence-corrected chi connectivity index (χ1v) is 11.8. The summed E-state index contributed by atoms with van der Waals surface area (Å²) in [6.07, 6.45) is -9.97. The van der Waals surface area contributed by atoms with E-state index in [0.29, 0.717) is 4.47 Å². The van der Waals surface area contributed by atoms with Crippen LogP contribution in [0.1, 0.15) is 37.4 Å². The summed E-state index contributed by atoms with van der Waals surface area (Å²) in [5, 5.41) is 4.52. The Hall–Kier alpha value is -3.09. The van der Waals surface area contributed by atoms with Crippen LogP contribution in [0.5, 0.6) is 5.75 Å². The number of pyridine rings is 1. The zero-order chi connectivity index (χ0) is 27.4. The normalized spacial score (nSPS) is 18.4. The fourth-order valence-electron chi connectivity index (χ4n) is 3.83. The molecule has 2 heterocycles. The number of halogens is 7. The van der Waals surface area contributed by atoms with Gasteiger partial charge in [0.1, 0.15) is 5.75 Å². The van der Waals surface area contributed by atoms with Crippen molar-refractivity contribution in [2.24, 2.45) is 0 Å². The number of alkyl halides is 6. The third-order valence-corrected chi connectivity index (χ3v) is 6.13. The van der Waals surface area contributed by atoms with Crippen LogP contribution in [0.2, 0.25) is 0 Å². The lowest BCUT2D eigenvalue weighted by molar-refractivity contribution is -0.201. The van der Waals surface area contributed by atoms with Gasteiger partial charge in [-0.3, -0.25) is 14.6 Å². The Bertz CT molecular complexity index is 1160. The van der Waals surface area contributed by atoms with Crippen molar-refractivity contribution in [3.05, 3.63) is 63.9 Å². The molecule has 13 heteroatoms. The van der Waals surface area contributed by atoms with Gasteiger partial charge in [-0.15, -0.1) is 0 Å². The molecule has 0 spiro atoms. The zero-order valence-corrected chi connectivity index (χ0v) is 21.0. The molecule has 1 aromatic carbocycles. The van der Waals surface area contributed by atoms with Gasteiger partial charge in [-0.05, 0) is 57.8 Å². The largest absolute Gasteiger partial charge is 0.494 e. The molecule has 0 saturated heterocycles. The molecular formula is C24H22BrF6N3O3. The Morgan fingerprint density at radius 1 is 1.14 bits per heavy atom. The predicted octanol–water partition coefficient (Wildman–Crippen LogP) is 5.43. The van der Waals surface area contributed by atoms with Crippen molar-refractivity contribution in [3.63, 3.8) is 0 Å². The SMILES string of the molecule is CC(=O)NCC1=C(c2ccc(Br)cn2)C[C@](c2ccc(OCCCC(F)(F)F)cc2)(C(F)(F)F)NC1=O. The van der Waals surface area contributed by atoms with E-state index >= 15 is 0 Å². The van der Waals surface area contributed by atoms with E-state index in [4.69, 9.17) is 4.74 Å². The zero-order valence-electron chi connectivity index (χ0n) is 19.4. The Morgan fingerprint density at radius 3 is 2.35 bits per heavy atom. The number of hydrogen-bond donors (Lipinski definition) is 2. The van der Waals surface area contributed by atoms with Gasteiger partial charge in [-0.1, -0.05) is 12.1 Å². The number of aromatic nitrogens is 1. The molecule has 0 fully saturated rings. The quantitative estimate of drug-likeness (QED) is 0.316. The van der Waals surface area contributed by atoms with Gasteiger partial charge in [-0.25, -0.2) is 0 Å². The monoisotopic (exact) mass is 593 g/mol. The molecule has 1 aliphatic heterocycles. The second-order valence-electron chi connectivity index (χ2n) is 8.35. The van der Waals surface area contributed by atoms with E-state index in [9.17, 15) is 35.9 Å². The Balaban J connectivity index is 1.97. The van der Waals surface area contributed by atoms with Crippen molar-refractivity contribution in [3.8, 4) is 5.75 Å². The first-order chi connectivity index (χ1) is 17.2. The highest BCUT2D eigenvalue weighted by molar-refractivity contribution is 9.10. The van der Waals surface area contributed by atoms with Crippen LogP contribution in [-0.4, -0.2) is 42.3 Å². The molecule has 37 heavy (non-hydrogen) atoms. The van der Waals surface area contributed by atoms with Crippen LogP contribution in [0.15, 0.2) is 52.6 Å². The minimum absolute atomic E-state index is 0.00908. The van der Waals surface area contributed by atoms with Crippen molar-refractivity contribution in [1.82, 2.24) is 15.6 Å². The van der Waals surface area contributed by atoms with Gasteiger partial charge in [0.05, 0.1) is 12.3 Å². The van der Waals surface area contributed by atoms with Crippen molar-refractivity contribution < 1.29 is 40.7 Å². The van der Waals surface area contributed by atoms with Crippen LogP contribution in [0.25, 0.3) is 5.57 Å². The molecule has 2 aromatic rings. The number of carbonyl (C=O) groups is 2. The molecule has 2 amide bonds. The van der Waals surface area contributed by atoms with Crippen LogP contribution < -0.4 is 15.4 Å². The van der Waals surface area contributed by atoms with Gasteiger partial charge < -0.3 is 15.4 Å². The molecule has 0 radical (unpaired) electrons. The summed E-state index contributed by atoms with van der Waals surface area (Å²) in [7, 11) is 0. The standard InChI is InChI=1S/C24H22BrF6N3O3/c1-14(35)32-13-19-18(20-8-5-16(25)12-33-20)11-22(24(29,30)31,34-21(19)36)15-3-6-17(7-4-15)37-10-2-9-23(26,27)28/h3-8,12H,2,9-11,13H2,1H3,(H,32,35)(H,34,36)/t22-/m0/s1. The number of amides is 2. The molecule has 1 aromatic heterocycles. The summed E-state index contributed by atoms with van der Waals surface area (Å²) < 4.78 is 86.6. The summed E-state index contributed by atoms with van der Waals surface area (Å²) in [6.45, 7) is 0.646. The maximum absolute atomic E-state index is 14.6. The number of hydrogen-bond acceptors (Lipinski definition) is 4.